The third-order valence-electron chi connectivity index (χ3n) is 6.21. The highest BCUT2D eigenvalue weighted by atomic mass is 16.2. The van der Waals surface area contributed by atoms with Crippen molar-refractivity contribution in [1.82, 2.24) is 19.6 Å². The third-order valence-corrected chi connectivity index (χ3v) is 6.21. The van der Waals surface area contributed by atoms with Crippen LogP contribution < -0.4 is 0 Å². The average molecular weight is 373 g/mol. The van der Waals surface area contributed by atoms with E-state index in [1.165, 1.54) is 36.9 Å². The molecule has 5 heteroatoms. The highest BCUT2D eigenvalue weighted by molar-refractivity contribution is 5.94. The lowest BCUT2D eigenvalue weighted by molar-refractivity contribution is 0.0753. The van der Waals surface area contributed by atoms with Gasteiger partial charge in [0.1, 0.15) is 0 Å². The standard InChI is InChI=1S/C22H36N4O/c1-4-6-14-24(3)18-11-12-20-19(17-18)21(23-26(20)13-5-2)22(27)25-15-9-7-8-10-16-25/h5,18H,2,4,6-17H2,1,3H3. The summed E-state index contributed by atoms with van der Waals surface area (Å²) in [6, 6.07) is 0.515. The van der Waals surface area contributed by atoms with Gasteiger partial charge in [-0.2, -0.15) is 5.10 Å². The van der Waals surface area contributed by atoms with Crippen LogP contribution in [0.5, 0.6) is 0 Å². The zero-order valence-electron chi connectivity index (χ0n) is 17.3. The van der Waals surface area contributed by atoms with E-state index in [1.807, 2.05) is 15.7 Å². The summed E-state index contributed by atoms with van der Waals surface area (Å²) in [4.78, 5) is 17.8. The van der Waals surface area contributed by atoms with Crippen molar-refractivity contribution in [1.29, 1.82) is 0 Å². The number of hydrogen-bond acceptors (Lipinski definition) is 3. The molecular weight excluding hydrogens is 336 g/mol. The Morgan fingerprint density at radius 1 is 1.30 bits per heavy atom. The van der Waals surface area contributed by atoms with Crippen LogP contribution in [-0.4, -0.2) is 58.2 Å². The highest BCUT2D eigenvalue weighted by Crippen LogP contribution is 2.28. The molecule has 2 heterocycles. The Labute approximate surface area is 164 Å². The second-order valence-electron chi connectivity index (χ2n) is 8.18. The number of fused-ring (bicyclic) bond motifs is 1. The number of rotatable bonds is 7. The molecule has 0 N–H and O–H groups in total. The average Bonchev–Trinajstić information content (AvgIpc) is 2.85. The maximum atomic E-state index is 13.3. The summed E-state index contributed by atoms with van der Waals surface area (Å²) in [6.07, 6.45) is 12.1. The second kappa shape index (κ2) is 9.54. The molecule has 0 saturated carbocycles. The summed E-state index contributed by atoms with van der Waals surface area (Å²) < 4.78 is 2.02. The highest BCUT2D eigenvalue weighted by Gasteiger charge is 2.32. The molecule has 1 atom stereocenters. The Kier molecular flexibility index (Phi) is 7.11. The van der Waals surface area contributed by atoms with Crippen molar-refractivity contribution in [2.45, 2.75) is 77.3 Å². The quantitative estimate of drug-likeness (QED) is 0.686. The lowest BCUT2D eigenvalue weighted by Gasteiger charge is -2.32. The summed E-state index contributed by atoms with van der Waals surface area (Å²) >= 11 is 0. The van der Waals surface area contributed by atoms with Crippen molar-refractivity contribution < 1.29 is 4.79 Å². The lowest BCUT2D eigenvalue weighted by atomic mass is 9.90. The first kappa shape index (κ1) is 20.1. The Hall–Kier alpha value is -1.62. The van der Waals surface area contributed by atoms with Gasteiger partial charge in [0, 0.05) is 30.4 Å². The minimum atomic E-state index is 0.146. The molecule has 0 radical (unpaired) electrons. The van der Waals surface area contributed by atoms with Crippen LogP contribution in [0.2, 0.25) is 0 Å². The smallest absolute Gasteiger partial charge is 0.274 e. The molecule has 150 valence electrons. The van der Waals surface area contributed by atoms with Gasteiger partial charge in [0.25, 0.3) is 5.91 Å². The van der Waals surface area contributed by atoms with Gasteiger partial charge in [0.15, 0.2) is 5.69 Å². The van der Waals surface area contributed by atoms with E-state index in [1.54, 1.807) is 0 Å². The summed E-state index contributed by atoms with van der Waals surface area (Å²) in [5.74, 6) is 0.146. The number of likely N-dealkylation sites (N-methyl/N-ethyl adjacent to an activating group) is 1. The number of hydrogen-bond donors (Lipinski definition) is 0. The van der Waals surface area contributed by atoms with E-state index in [9.17, 15) is 4.79 Å². The third kappa shape index (κ3) is 4.63. The van der Waals surface area contributed by atoms with Crippen molar-refractivity contribution in [2.75, 3.05) is 26.7 Å². The lowest BCUT2D eigenvalue weighted by Crippen LogP contribution is -2.38. The molecule has 0 spiro atoms. The molecule has 27 heavy (non-hydrogen) atoms. The fourth-order valence-electron chi connectivity index (χ4n) is 4.50. The number of nitrogens with zero attached hydrogens (tertiary/aromatic N) is 4. The van der Waals surface area contributed by atoms with E-state index in [-0.39, 0.29) is 5.91 Å². The minimum Gasteiger partial charge on any atom is -0.337 e. The number of aromatic nitrogens is 2. The SMILES string of the molecule is C=CCn1nc(C(=O)N2CCCCCC2)c2c1CCC(N(C)CCCC)C2. The molecule has 1 aromatic heterocycles. The maximum Gasteiger partial charge on any atom is 0.274 e. The predicted octanol–water partition coefficient (Wildman–Crippen LogP) is 3.67. The molecule has 1 unspecified atom stereocenters. The zero-order chi connectivity index (χ0) is 19.2. The molecule has 1 fully saturated rings. The Morgan fingerprint density at radius 2 is 2.04 bits per heavy atom. The fraction of sp³-hybridized carbons (Fsp3) is 0.727. The van der Waals surface area contributed by atoms with E-state index in [0.717, 1.165) is 51.7 Å². The number of carbonyl (C=O) groups excluding carboxylic acids is 1. The van der Waals surface area contributed by atoms with Crippen molar-refractivity contribution in [3.05, 3.63) is 29.6 Å². The van der Waals surface area contributed by atoms with Crippen LogP contribution in [0.15, 0.2) is 12.7 Å². The molecule has 1 amide bonds. The van der Waals surface area contributed by atoms with E-state index in [2.05, 4.69) is 25.5 Å². The van der Waals surface area contributed by atoms with Crippen molar-refractivity contribution in [2.24, 2.45) is 0 Å². The van der Waals surface area contributed by atoms with Gasteiger partial charge in [-0.25, -0.2) is 0 Å². The van der Waals surface area contributed by atoms with Gasteiger partial charge in [-0.05, 0) is 52.1 Å². The van der Waals surface area contributed by atoms with Crippen molar-refractivity contribution in [3.63, 3.8) is 0 Å². The molecule has 1 aliphatic heterocycles. The van der Waals surface area contributed by atoms with Crippen molar-refractivity contribution in [3.8, 4) is 0 Å². The van der Waals surface area contributed by atoms with Gasteiger partial charge in [0.05, 0.1) is 6.54 Å². The zero-order valence-corrected chi connectivity index (χ0v) is 17.3. The molecule has 3 rings (SSSR count). The molecule has 0 aromatic carbocycles. The van der Waals surface area contributed by atoms with E-state index in [0.29, 0.717) is 18.3 Å². The number of likely N-dealkylation sites (tertiary alicyclic amines) is 1. The normalized spacial score (nSPS) is 20.4. The first-order chi connectivity index (χ1) is 13.2. The van der Waals surface area contributed by atoms with Gasteiger partial charge in [0.2, 0.25) is 0 Å². The molecule has 1 aromatic rings. The van der Waals surface area contributed by atoms with Crippen LogP contribution >= 0.6 is 0 Å². The van der Waals surface area contributed by atoms with Crippen LogP contribution in [0.1, 0.15) is 73.6 Å². The van der Waals surface area contributed by atoms with Crippen LogP contribution in [0.3, 0.4) is 0 Å². The van der Waals surface area contributed by atoms with Crippen LogP contribution in [-0.2, 0) is 19.4 Å². The summed E-state index contributed by atoms with van der Waals surface area (Å²) in [7, 11) is 2.23. The van der Waals surface area contributed by atoms with Gasteiger partial charge < -0.3 is 9.80 Å². The first-order valence-electron chi connectivity index (χ1n) is 10.8. The van der Waals surface area contributed by atoms with E-state index >= 15 is 0 Å². The summed E-state index contributed by atoms with van der Waals surface area (Å²) in [6.45, 7) is 9.69. The minimum absolute atomic E-state index is 0.146. The summed E-state index contributed by atoms with van der Waals surface area (Å²) in [5, 5.41) is 4.78. The Balaban J connectivity index is 1.84. The van der Waals surface area contributed by atoms with Crippen molar-refractivity contribution >= 4 is 5.91 Å². The fourth-order valence-corrected chi connectivity index (χ4v) is 4.50. The van der Waals surface area contributed by atoms with Crippen LogP contribution in [0.25, 0.3) is 0 Å². The molecule has 0 bridgehead atoms. The molecule has 5 nitrogen and oxygen atoms in total. The van der Waals surface area contributed by atoms with Gasteiger partial charge in [-0.3, -0.25) is 9.48 Å². The molecular formula is C22H36N4O. The van der Waals surface area contributed by atoms with Gasteiger partial charge in [-0.15, -0.1) is 6.58 Å². The topological polar surface area (TPSA) is 41.4 Å². The summed E-state index contributed by atoms with van der Waals surface area (Å²) in [5.41, 5.74) is 3.17. The Bertz CT molecular complexity index is 643. The maximum absolute atomic E-state index is 13.3. The van der Waals surface area contributed by atoms with E-state index in [4.69, 9.17) is 5.10 Å². The van der Waals surface area contributed by atoms with Gasteiger partial charge in [-0.1, -0.05) is 32.3 Å². The number of amides is 1. The van der Waals surface area contributed by atoms with E-state index < -0.39 is 0 Å². The largest absolute Gasteiger partial charge is 0.337 e. The number of unbranched alkanes of at least 4 members (excludes halogenated alkanes) is 1. The monoisotopic (exact) mass is 372 g/mol. The number of carbonyl (C=O) groups is 1. The van der Waals surface area contributed by atoms with Gasteiger partial charge >= 0.3 is 0 Å². The molecule has 2 aliphatic rings. The Morgan fingerprint density at radius 3 is 2.70 bits per heavy atom. The second-order valence-corrected chi connectivity index (χ2v) is 8.18. The van der Waals surface area contributed by atoms with Crippen LogP contribution in [0, 0.1) is 0 Å². The van der Waals surface area contributed by atoms with Crippen LogP contribution in [0.4, 0.5) is 0 Å². The number of allylic oxidation sites excluding steroid dienone is 1. The molecule has 1 aliphatic carbocycles. The first-order valence-corrected chi connectivity index (χ1v) is 10.8. The predicted molar refractivity (Wildman–Crippen MR) is 110 cm³/mol. The molecule has 1 saturated heterocycles.